The van der Waals surface area contributed by atoms with E-state index in [1.165, 1.54) is 0 Å². The molecule has 0 radical (unpaired) electrons. The topological polar surface area (TPSA) is 52.1 Å². The van der Waals surface area contributed by atoms with Gasteiger partial charge in [-0.05, 0) is 81.6 Å². The predicted molar refractivity (Wildman–Crippen MR) is 223 cm³/mol. The lowest BCUT2D eigenvalue weighted by Gasteiger charge is -2.14. The Morgan fingerprint density at radius 2 is 0.778 bits per heavy atom. The molecule has 12 rings (SSSR count). The summed E-state index contributed by atoms with van der Waals surface area (Å²) in [4.78, 5) is 9.79. The summed E-state index contributed by atoms with van der Waals surface area (Å²) in [6.45, 7) is 0. The van der Waals surface area contributed by atoms with Gasteiger partial charge in [0, 0.05) is 66.6 Å². The van der Waals surface area contributed by atoms with Crippen LogP contribution in [0.1, 0.15) is 0 Å². The molecule has 4 aromatic heterocycles. The van der Waals surface area contributed by atoms with E-state index in [9.17, 15) is 0 Å². The third-order valence-corrected chi connectivity index (χ3v) is 11.1. The van der Waals surface area contributed by atoms with E-state index in [2.05, 4.69) is 133 Å². The molecule has 0 unspecified atom stereocenters. The second-order valence-corrected chi connectivity index (χ2v) is 14.1. The Morgan fingerprint density at radius 1 is 0.333 bits per heavy atom. The molecule has 250 valence electrons. The van der Waals surface area contributed by atoms with E-state index >= 15 is 0 Å². The van der Waals surface area contributed by atoms with Crippen molar-refractivity contribution in [2.45, 2.75) is 0 Å². The largest absolute Gasteiger partial charge is 0.455 e. The van der Waals surface area contributed by atoms with Crippen molar-refractivity contribution >= 4 is 87.2 Å². The minimum atomic E-state index is 0.826. The van der Waals surface area contributed by atoms with Gasteiger partial charge in [0.2, 0.25) is 0 Å². The van der Waals surface area contributed by atoms with Crippen LogP contribution in [0.25, 0.3) is 121 Å². The first kappa shape index (κ1) is 29.3. The average Bonchev–Trinajstić information content (AvgIpc) is 3.81. The molecule has 8 aromatic carbocycles. The van der Waals surface area contributed by atoms with Crippen LogP contribution in [0.15, 0.2) is 179 Å². The van der Waals surface area contributed by atoms with Crippen molar-refractivity contribution in [2.24, 2.45) is 0 Å². The van der Waals surface area contributed by atoms with Crippen molar-refractivity contribution in [1.29, 1.82) is 0 Å². The summed E-state index contributed by atoms with van der Waals surface area (Å²) in [6.07, 6.45) is 3.76. The molecule has 0 aliphatic heterocycles. The maximum atomic E-state index is 6.82. The smallest absolute Gasteiger partial charge is 0.143 e. The fraction of sp³-hybridized carbons (Fsp3) is 0. The summed E-state index contributed by atoms with van der Waals surface area (Å²) in [5, 5.41) is 11.0. The number of hydrogen-bond donors (Lipinski definition) is 0. The number of nitrogens with zero attached hydrogens (tertiary/aromatic N) is 2. The van der Waals surface area contributed by atoms with Crippen LogP contribution in [0.2, 0.25) is 0 Å². The Bertz CT molecular complexity index is 3280. The Kier molecular flexibility index (Phi) is 6.02. The zero-order valence-corrected chi connectivity index (χ0v) is 28.9. The first-order valence-corrected chi connectivity index (χ1v) is 18.2. The molecule has 0 aliphatic carbocycles. The number of furan rings is 2. The molecule has 12 aromatic rings. The first-order chi connectivity index (χ1) is 26.8. The van der Waals surface area contributed by atoms with Gasteiger partial charge in [0.1, 0.15) is 22.3 Å². The van der Waals surface area contributed by atoms with Crippen LogP contribution in [-0.2, 0) is 0 Å². The lowest BCUT2D eigenvalue weighted by Crippen LogP contribution is -1.90. The van der Waals surface area contributed by atoms with Gasteiger partial charge >= 0.3 is 0 Å². The molecule has 0 aliphatic rings. The van der Waals surface area contributed by atoms with Crippen molar-refractivity contribution < 1.29 is 8.83 Å². The van der Waals surface area contributed by atoms with E-state index < -0.39 is 0 Å². The summed E-state index contributed by atoms with van der Waals surface area (Å²) in [5.74, 6) is 0. The van der Waals surface area contributed by atoms with Gasteiger partial charge in [0.25, 0.3) is 0 Å². The van der Waals surface area contributed by atoms with Crippen LogP contribution >= 0.6 is 0 Å². The van der Waals surface area contributed by atoms with Crippen LogP contribution in [0.4, 0.5) is 0 Å². The molecule has 4 nitrogen and oxygen atoms in total. The quantitative estimate of drug-likeness (QED) is 0.173. The molecule has 0 saturated carbocycles. The molecule has 0 saturated heterocycles. The summed E-state index contributed by atoms with van der Waals surface area (Å²) in [6, 6.07) is 55.8. The number of para-hydroxylation sites is 2. The highest BCUT2D eigenvalue weighted by Gasteiger charge is 2.22. The molecule has 0 amide bonds. The van der Waals surface area contributed by atoms with E-state index in [4.69, 9.17) is 18.8 Å². The number of rotatable bonds is 3. The van der Waals surface area contributed by atoms with Crippen molar-refractivity contribution in [2.75, 3.05) is 0 Å². The Labute approximate surface area is 308 Å². The Morgan fingerprint density at radius 3 is 1.28 bits per heavy atom. The molecule has 0 bridgehead atoms. The zero-order chi connectivity index (χ0) is 35.3. The van der Waals surface area contributed by atoms with Gasteiger partial charge in [0.15, 0.2) is 0 Å². The third kappa shape index (κ3) is 4.19. The van der Waals surface area contributed by atoms with E-state index in [-0.39, 0.29) is 0 Å². The van der Waals surface area contributed by atoms with Crippen LogP contribution in [0.5, 0.6) is 0 Å². The standard InChI is InChI=1S/C50H28N2O2/c1-3-17-43-37(13-1)39-25-33(35-15-5-9-29-19-21-31-11-7-23-51-47(31)45(29)35)27-41(49(39)53-43)42-28-34(26-40-38-14-2-4-18-44(38)54-50(40)42)36-16-6-10-30-20-22-32-12-8-24-52-48(32)46(30)36/h1-28H. The van der Waals surface area contributed by atoms with Crippen LogP contribution in [-0.4, -0.2) is 9.97 Å². The van der Waals surface area contributed by atoms with Gasteiger partial charge in [-0.3, -0.25) is 9.97 Å². The predicted octanol–water partition coefficient (Wildman–Crippen LogP) is 13.9. The number of fused-ring (bicyclic) bond motifs is 12. The first-order valence-electron chi connectivity index (χ1n) is 18.2. The van der Waals surface area contributed by atoms with Crippen molar-refractivity contribution in [3.05, 3.63) is 170 Å². The highest BCUT2D eigenvalue weighted by Crippen LogP contribution is 2.47. The minimum absolute atomic E-state index is 0.826. The monoisotopic (exact) mass is 688 g/mol. The van der Waals surface area contributed by atoms with Crippen molar-refractivity contribution in [1.82, 2.24) is 9.97 Å². The fourth-order valence-corrected chi connectivity index (χ4v) is 8.67. The second kappa shape index (κ2) is 11.1. The average molecular weight is 689 g/mol. The third-order valence-electron chi connectivity index (χ3n) is 11.1. The van der Waals surface area contributed by atoms with E-state index in [1.807, 2.05) is 36.7 Å². The van der Waals surface area contributed by atoms with E-state index in [0.29, 0.717) is 0 Å². The van der Waals surface area contributed by atoms with Crippen LogP contribution in [0.3, 0.4) is 0 Å². The summed E-state index contributed by atoms with van der Waals surface area (Å²) >= 11 is 0. The maximum absolute atomic E-state index is 6.82. The van der Waals surface area contributed by atoms with Crippen LogP contribution < -0.4 is 0 Å². The maximum Gasteiger partial charge on any atom is 0.143 e. The van der Waals surface area contributed by atoms with Crippen LogP contribution in [0, 0.1) is 0 Å². The molecule has 0 spiro atoms. The molecule has 0 atom stereocenters. The minimum Gasteiger partial charge on any atom is -0.455 e. The normalized spacial score (nSPS) is 12.1. The van der Waals surface area contributed by atoms with Gasteiger partial charge in [-0.25, -0.2) is 0 Å². The van der Waals surface area contributed by atoms with Gasteiger partial charge in [-0.2, -0.15) is 0 Å². The molecular formula is C50H28N2O2. The van der Waals surface area contributed by atoms with E-state index in [0.717, 1.165) is 121 Å². The summed E-state index contributed by atoms with van der Waals surface area (Å²) in [7, 11) is 0. The Hall–Kier alpha value is -7.30. The fourth-order valence-electron chi connectivity index (χ4n) is 8.67. The molecular weight excluding hydrogens is 661 g/mol. The van der Waals surface area contributed by atoms with Crippen molar-refractivity contribution in [3.8, 4) is 33.4 Å². The summed E-state index contributed by atoms with van der Waals surface area (Å²) < 4.78 is 13.6. The lowest BCUT2D eigenvalue weighted by atomic mass is 9.89. The van der Waals surface area contributed by atoms with Gasteiger partial charge in [0.05, 0.1) is 11.0 Å². The van der Waals surface area contributed by atoms with Gasteiger partial charge < -0.3 is 8.83 Å². The lowest BCUT2D eigenvalue weighted by molar-refractivity contribution is 0.665. The molecule has 0 N–H and O–H groups in total. The highest BCUT2D eigenvalue weighted by atomic mass is 16.3. The zero-order valence-electron chi connectivity index (χ0n) is 28.9. The molecule has 54 heavy (non-hydrogen) atoms. The summed E-state index contributed by atoms with van der Waals surface area (Å²) in [5.41, 5.74) is 11.7. The molecule has 0 fully saturated rings. The highest BCUT2D eigenvalue weighted by molar-refractivity contribution is 6.20. The molecule has 4 heterocycles. The number of benzene rings is 8. The number of aromatic nitrogens is 2. The number of hydrogen-bond acceptors (Lipinski definition) is 4. The Balaban J connectivity index is 1.23. The SMILES string of the molecule is c1cnc2c(c1)ccc1cccc(-c3cc(-c4cc(-c5cccc6ccc7cccnc7c56)cc5c4oc4ccccc45)c4oc5ccccc5c4c3)c12. The van der Waals surface area contributed by atoms with Crippen molar-refractivity contribution in [3.63, 3.8) is 0 Å². The van der Waals surface area contributed by atoms with Gasteiger partial charge in [-0.1, -0.05) is 109 Å². The number of pyridine rings is 2. The van der Waals surface area contributed by atoms with E-state index in [1.54, 1.807) is 0 Å². The molecule has 4 heteroatoms. The second-order valence-electron chi connectivity index (χ2n) is 14.1. The van der Waals surface area contributed by atoms with Gasteiger partial charge in [-0.15, -0.1) is 0 Å².